The number of sulfone groups is 1. The van der Waals surface area contributed by atoms with Gasteiger partial charge in [-0.05, 0) is 49.7 Å². The first kappa shape index (κ1) is 27.2. The van der Waals surface area contributed by atoms with Gasteiger partial charge in [-0.25, -0.2) is 13.4 Å². The van der Waals surface area contributed by atoms with Crippen LogP contribution in [-0.4, -0.2) is 68.1 Å². The number of hydrogen-bond acceptors (Lipinski definition) is 8. The number of aromatic amines is 1. The first-order chi connectivity index (χ1) is 17.1. The number of amides is 1. The Morgan fingerprint density at radius 1 is 1.14 bits per heavy atom. The fourth-order valence-electron chi connectivity index (χ4n) is 3.37. The zero-order chi connectivity index (χ0) is 26.3. The van der Waals surface area contributed by atoms with Crippen molar-refractivity contribution in [1.82, 2.24) is 15.3 Å². The van der Waals surface area contributed by atoms with Crippen LogP contribution >= 0.6 is 0 Å². The lowest BCUT2D eigenvalue weighted by Crippen LogP contribution is -2.37. The Morgan fingerprint density at radius 3 is 2.50 bits per heavy atom. The fraction of sp³-hybridized carbons (Fsp3) is 0.360. The molecule has 0 saturated carbocycles. The lowest BCUT2D eigenvalue weighted by Gasteiger charge is -2.16. The largest absolute Gasteiger partial charge is 0.488 e. The second kappa shape index (κ2) is 12.0. The van der Waals surface area contributed by atoms with Crippen LogP contribution in [0.15, 0.2) is 53.7 Å². The van der Waals surface area contributed by atoms with Crippen molar-refractivity contribution in [2.45, 2.75) is 37.4 Å². The van der Waals surface area contributed by atoms with Crippen molar-refractivity contribution in [2.75, 3.05) is 26.6 Å². The lowest BCUT2D eigenvalue weighted by atomic mass is 10.1. The van der Waals surface area contributed by atoms with Gasteiger partial charge < -0.3 is 29.6 Å². The number of aliphatic hydroxyl groups is 1. The summed E-state index contributed by atoms with van der Waals surface area (Å²) in [5.74, 6) is 0.959. The zero-order valence-corrected chi connectivity index (χ0v) is 21.5. The van der Waals surface area contributed by atoms with Gasteiger partial charge in [-0.1, -0.05) is 6.92 Å². The minimum atomic E-state index is -3.43. The van der Waals surface area contributed by atoms with Gasteiger partial charge in [0.15, 0.2) is 14.9 Å². The molecule has 3 N–H and O–H groups in total. The molecule has 0 unspecified atom stereocenters. The highest BCUT2D eigenvalue weighted by Gasteiger charge is 2.16. The maximum Gasteiger partial charge on any atom is 0.268 e. The van der Waals surface area contributed by atoms with E-state index in [2.05, 4.69) is 15.3 Å². The molecular formula is C25H31N3O7S. The maximum atomic E-state index is 12.5. The molecule has 36 heavy (non-hydrogen) atoms. The SMILES string of the molecule is CC[C@H](CO)NC(=O)c1ccc(-c2cc(Oc3ccc(S(C)(=O)=O)nc3)cc(O[C@@H](C)COC)c2)[nH]1. The summed E-state index contributed by atoms with van der Waals surface area (Å²) in [4.78, 5) is 19.6. The molecule has 11 heteroatoms. The van der Waals surface area contributed by atoms with Crippen molar-refractivity contribution in [1.29, 1.82) is 0 Å². The van der Waals surface area contributed by atoms with Crippen molar-refractivity contribution in [3.8, 4) is 28.5 Å². The lowest BCUT2D eigenvalue weighted by molar-refractivity contribution is 0.0910. The second-order valence-electron chi connectivity index (χ2n) is 8.33. The molecule has 2 aromatic heterocycles. The van der Waals surface area contributed by atoms with E-state index >= 15 is 0 Å². The van der Waals surface area contributed by atoms with Crippen molar-refractivity contribution in [3.63, 3.8) is 0 Å². The predicted molar refractivity (Wildman–Crippen MR) is 134 cm³/mol. The Bertz CT molecular complexity index is 1270. The third-order valence-electron chi connectivity index (χ3n) is 5.23. The number of nitrogens with one attached hydrogen (secondary N) is 2. The van der Waals surface area contributed by atoms with Crippen LogP contribution in [-0.2, 0) is 14.6 Å². The number of carbonyl (C=O) groups excluding carboxylic acids is 1. The number of aromatic nitrogens is 2. The highest BCUT2D eigenvalue weighted by Crippen LogP contribution is 2.33. The van der Waals surface area contributed by atoms with Gasteiger partial charge in [0, 0.05) is 30.7 Å². The Morgan fingerprint density at radius 2 is 1.89 bits per heavy atom. The summed E-state index contributed by atoms with van der Waals surface area (Å²) in [6, 6.07) is 11.2. The third-order valence-corrected chi connectivity index (χ3v) is 6.23. The van der Waals surface area contributed by atoms with E-state index in [4.69, 9.17) is 14.2 Å². The molecular weight excluding hydrogens is 486 g/mol. The van der Waals surface area contributed by atoms with E-state index in [9.17, 15) is 18.3 Å². The van der Waals surface area contributed by atoms with Crippen LogP contribution < -0.4 is 14.8 Å². The second-order valence-corrected chi connectivity index (χ2v) is 10.3. The monoisotopic (exact) mass is 517 g/mol. The van der Waals surface area contributed by atoms with Crippen LogP contribution in [0.2, 0.25) is 0 Å². The number of pyridine rings is 1. The number of methoxy groups -OCH3 is 1. The fourth-order valence-corrected chi connectivity index (χ4v) is 3.93. The summed E-state index contributed by atoms with van der Waals surface area (Å²) in [5.41, 5.74) is 1.69. The predicted octanol–water partition coefficient (Wildman–Crippen LogP) is 3.19. The summed E-state index contributed by atoms with van der Waals surface area (Å²) < 4.78 is 40.4. The number of hydrogen-bond donors (Lipinski definition) is 3. The van der Waals surface area contributed by atoms with Crippen molar-refractivity contribution in [3.05, 3.63) is 54.4 Å². The zero-order valence-electron chi connectivity index (χ0n) is 20.6. The van der Waals surface area contributed by atoms with Crippen molar-refractivity contribution in [2.24, 2.45) is 0 Å². The molecule has 0 aliphatic carbocycles. The number of ether oxygens (including phenoxy) is 3. The van der Waals surface area contributed by atoms with Crippen LogP contribution in [0.3, 0.4) is 0 Å². The Labute approximate surface area is 210 Å². The average Bonchev–Trinajstić information content (AvgIpc) is 3.33. The average molecular weight is 518 g/mol. The number of carbonyl (C=O) groups is 1. The van der Waals surface area contributed by atoms with E-state index in [0.29, 0.717) is 47.2 Å². The van der Waals surface area contributed by atoms with Gasteiger partial charge in [0.05, 0.1) is 25.5 Å². The smallest absolute Gasteiger partial charge is 0.268 e. The van der Waals surface area contributed by atoms with Gasteiger partial charge in [0.25, 0.3) is 5.91 Å². The van der Waals surface area contributed by atoms with Gasteiger partial charge in [-0.2, -0.15) is 0 Å². The topological polar surface area (TPSA) is 140 Å². The van der Waals surface area contributed by atoms with E-state index in [1.54, 1.807) is 37.4 Å². The molecule has 194 valence electrons. The van der Waals surface area contributed by atoms with Gasteiger partial charge >= 0.3 is 0 Å². The molecule has 0 aliphatic heterocycles. The van der Waals surface area contributed by atoms with Gasteiger partial charge in [0.1, 0.15) is 29.0 Å². The molecule has 3 rings (SSSR count). The highest BCUT2D eigenvalue weighted by atomic mass is 32.2. The van der Waals surface area contributed by atoms with Crippen LogP contribution in [0.25, 0.3) is 11.3 Å². The van der Waals surface area contributed by atoms with Gasteiger partial charge in [-0.15, -0.1) is 0 Å². The van der Waals surface area contributed by atoms with Gasteiger partial charge in [0.2, 0.25) is 0 Å². The van der Waals surface area contributed by atoms with E-state index in [-0.39, 0.29) is 29.7 Å². The quantitative estimate of drug-likeness (QED) is 0.333. The summed E-state index contributed by atoms with van der Waals surface area (Å²) in [5, 5.41) is 12.1. The van der Waals surface area contributed by atoms with Crippen LogP contribution in [0.4, 0.5) is 0 Å². The molecule has 0 spiro atoms. The first-order valence-corrected chi connectivity index (χ1v) is 13.3. The molecule has 0 fully saturated rings. The number of rotatable bonds is 12. The molecule has 0 radical (unpaired) electrons. The molecule has 0 aliphatic rings. The standard InChI is InChI=1S/C25H31N3O7S/c1-5-18(14-29)27-25(30)23-8-7-22(28-23)17-10-20(34-16(2)15-33-3)12-21(11-17)35-19-6-9-24(26-13-19)36(4,31)32/h6-13,16,18,28-29H,5,14-15H2,1-4H3,(H,27,30)/t16-,18+/m0/s1. The molecule has 3 aromatic rings. The van der Waals surface area contributed by atoms with E-state index in [1.807, 2.05) is 13.8 Å². The molecule has 10 nitrogen and oxygen atoms in total. The Balaban J connectivity index is 1.90. The Hall–Kier alpha value is -3.41. The normalized spacial score (nSPS) is 13.1. The molecule has 0 bridgehead atoms. The maximum absolute atomic E-state index is 12.5. The van der Waals surface area contributed by atoms with Crippen LogP contribution in [0, 0.1) is 0 Å². The molecule has 1 amide bonds. The minimum absolute atomic E-state index is 0.0512. The van der Waals surface area contributed by atoms with Crippen molar-refractivity contribution < 1.29 is 32.5 Å². The first-order valence-electron chi connectivity index (χ1n) is 11.4. The molecule has 0 saturated heterocycles. The molecule has 1 aromatic carbocycles. The molecule has 2 atom stereocenters. The number of H-pyrrole nitrogens is 1. The summed E-state index contributed by atoms with van der Waals surface area (Å²) >= 11 is 0. The Kier molecular flexibility index (Phi) is 9.08. The van der Waals surface area contributed by atoms with E-state index < -0.39 is 9.84 Å². The van der Waals surface area contributed by atoms with Crippen LogP contribution in [0.1, 0.15) is 30.8 Å². The van der Waals surface area contributed by atoms with E-state index in [1.165, 1.54) is 18.3 Å². The highest BCUT2D eigenvalue weighted by molar-refractivity contribution is 7.90. The minimum Gasteiger partial charge on any atom is -0.488 e. The number of aliphatic hydroxyl groups excluding tert-OH is 1. The summed E-state index contributed by atoms with van der Waals surface area (Å²) in [7, 11) is -1.84. The van der Waals surface area contributed by atoms with Crippen molar-refractivity contribution >= 4 is 15.7 Å². The summed E-state index contributed by atoms with van der Waals surface area (Å²) in [6.45, 7) is 3.99. The third kappa shape index (κ3) is 7.30. The number of nitrogens with zero attached hydrogens (tertiary/aromatic N) is 1. The molecule has 2 heterocycles. The summed E-state index contributed by atoms with van der Waals surface area (Å²) in [6.07, 6.45) is 2.79. The number of benzene rings is 1. The van der Waals surface area contributed by atoms with Crippen LogP contribution in [0.5, 0.6) is 17.2 Å². The van der Waals surface area contributed by atoms with E-state index in [0.717, 1.165) is 6.26 Å². The van der Waals surface area contributed by atoms with Gasteiger partial charge in [-0.3, -0.25) is 4.79 Å².